The van der Waals surface area contributed by atoms with Crippen molar-refractivity contribution in [2.45, 2.75) is 12.1 Å². The van der Waals surface area contributed by atoms with E-state index in [2.05, 4.69) is 15.6 Å². The number of hydrogen-bond donors (Lipinski definition) is 3. The zero-order valence-corrected chi connectivity index (χ0v) is 19.1. The van der Waals surface area contributed by atoms with E-state index >= 15 is 0 Å². The second-order valence-electron chi connectivity index (χ2n) is 7.87. The maximum absolute atomic E-state index is 13.0. The normalized spacial score (nSPS) is 12.3. The molecule has 182 valence electrons. The number of alkyl halides is 3. The van der Waals surface area contributed by atoms with Gasteiger partial charge in [-0.1, -0.05) is 30.3 Å². The molecular formula is C26H24F3N3O3. The Bertz CT molecular complexity index is 1330. The number of hydrogen-bond acceptors (Lipinski definition) is 3. The number of rotatable bonds is 7. The molecule has 1 aromatic heterocycles. The lowest BCUT2D eigenvalue weighted by atomic mass is 9.90. The van der Waals surface area contributed by atoms with Gasteiger partial charge in [0.25, 0.3) is 0 Å². The average Bonchev–Trinajstić information content (AvgIpc) is 3.27. The van der Waals surface area contributed by atoms with Gasteiger partial charge in [0, 0.05) is 35.2 Å². The minimum atomic E-state index is -4.50. The number of carbonyl (C=O) groups excluding carboxylic acids is 1. The third-order valence-corrected chi connectivity index (χ3v) is 5.72. The fourth-order valence-electron chi connectivity index (χ4n) is 4.00. The quantitative estimate of drug-likeness (QED) is 0.295. The summed E-state index contributed by atoms with van der Waals surface area (Å²) in [6.07, 6.45) is -2.61. The molecule has 0 radical (unpaired) electrons. The number of anilines is 1. The van der Waals surface area contributed by atoms with Gasteiger partial charge >= 0.3 is 12.2 Å². The molecule has 0 fully saturated rings. The van der Waals surface area contributed by atoms with Gasteiger partial charge in [0.2, 0.25) is 0 Å². The van der Waals surface area contributed by atoms with Gasteiger partial charge in [-0.15, -0.1) is 0 Å². The molecule has 0 saturated heterocycles. The second-order valence-corrected chi connectivity index (χ2v) is 7.87. The van der Waals surface area contributed by atoms with Crippen molar-refractivity contribution in [2.24, 2.45) is 0 Å². The smallest absolute Gasteiger partial charge is 0.416 e. The molecule has 3 aromatic carbocycles. The number of halogens is 3. The molecule has 1 atom stereocenters. The fourth-order valence-corrected chi connectivity index (χ4v) is 4.00. The van der Waals surface area contributed by atoms with Crippen LogP contribution in [0.4, 0.5) is 23.7 Å². The Morgan fingerprint density at radius 1 is 0.971 bits per heavy atom. The summed E-state index contributed by atoms with van der Waals surface area (Å²) in [5.74, 6) is 0.839. The molecule has 3 N–H and O–H groups in total. The van der Waals surface area contributed by atoms with Crippen LogP contribution in [0.2, 0.25) is 0 Å². The van der Waals surface area contributed by atoms with Crippen molar-refractivity contribution in [2.75, 3.05) is 26.1 Å². The summed E-state index contributed by atoms with van der Waals surface area (Å²) in [5.41, 5.74) is 1.98. The van der Waals surface area contributed by atoms with Crippen molar-refractivity contribution in [3.8, 4) is 11.5 Å². The topological polar surface area (TPSA) is 75.4 Å². The van der Waals surface area contributed by atoms with E-state index in [1.807, 2.05) is 42.6 Å². The van der Waals surface area contributed by atoms with E-state index in [0.717, 1.165) is 34.2 Å². The number of benzene rings is 3. The molecule has 9 heteroatoms. The highest BCUT2D eigenvalue weighted by atomic mass is 19.4. The van der Waals surface area contributed by atoms with E-state index in [4.69, 9.17) is 9.47 Å². The zero-order chi connectivity index (χ0) is 25.0. The van der Waals surface area contributed by atoms with Crippen LogP contribution in [0.25, 0.3) is 10.9 Å². The van der Waals surface area contributed by atoms with Gasteiger partial charge in [-0.05, 0) is 47.5 Å². The minimum Gasteiger partial charge on any atom is -0.493 e. The number of fused-ring (bicyclic) bond motifs is 1. The first kappa shape index (κ1) is 24.0. The monoisotopic (exact) mass is 483 g/mol. The van der Waals surface area contributed by atoms with Crippen LogP contribution in [-0.2, 0) is 6.18 Å². The summed E-state index contributed by atoms with van der Waals surface area (Å²) in [5, 5.41) is 6.26. The van der Waals surface area contributed by atoms with E-state index in [1.54, 1.807) is 20.3 Å². The van der Waals surface area contributed by atoms with Crippen LogP contribution in [0.1, 0.15) is 22.6 Å². The molecule has 4 rings (SSSR count). The SMILES string of the molecule is COc1ccc([C@@H](CNC(=O)Nc2cccc(C(F)(F)F)c2)c2c[nH]c3ccccc23)cc1OC. The summed E-state index contributed by atoms with van der Waals surface area (Å²) in [7, 11) is 3.09. The Kier molecular flexibility index (Phi) is 6.86. The predicted molar refractivity (Wildman–Crippen MR) is 128 cm³/mol. The number of carbonyl (C=O) groups is 1. The Hall–Kier alpha value is -4.14. The predicted octanol–water partition coefficient (Wildman–Crippen LogP) is 6.16. The van der Waals surface area contributed by atoms with Gasteiger partial charge in [0.05, 0.1) is 19.8 Å². The van der Waals surface area contributed by atoms with Crippen LogP contribution in [0.3, 0.4) is 0 Å². The molecule has 0 saturated carbocycles. The van der Waals surface area contributed by atoms with Crippen LogP contribution in [-0.4, -0.2) is 31.8 Å². The number of para-hydroxylation sites is 1. The summed E-state index contributed by atoms with van der Waals surface area (Å²) >= 11 is 0. The highest BCUT2D eigenvalue weighted by molar-refractivity contribution is 5.89. The van der Waals surface area contributed by atoms with Crippen molar-refractivity contribution in [1.82, 2.24) is 10.3 Å². The van der Waals surface area contributed by atoms with E-state index in [0.29, 0.717) is 11.5 Å². The summed E-state index contributed by atoms with van der Waals surface area (Å²) in [6.45, 7) is 0.183. The molecule has 0 unspecified atom stereocenters. The summed E-state index contributed by atoms with van der Waals surface area (Å²) < 4.78 is 49.8. The molecule has 0 aliphatic rings. The van der Waals surface area contributed by atoms with Gasteiger partial charge < -0.3 is 25.1 Å². The second kappa shape index (κ2) is 10.0. The fraction of sp³-hybridized carbons (Fsp3) is 0.192. The zero-order valence-electron chi connectivity index (χ0n) is 19.1. The van der Waals surface area contributed by atoms with Crippen LogP contribution < -0.4 is 20.1 Å². The molecule has 4 aromatic rings. The van der Waals surface area contributed by atoms with E-state index in [-0.39, 0.29) is 18.2 Å². The van der Waals surface area contributed by atoms with Crippen molar-refractivity contribution >= 4 is 22.6 Å². The van der Waals surface area contributed by atoms with Crippen LogP contribution in [0.15, 0.2) is 72.9 Å². The minimum absolute atomic E-state index is 0.0482. The molecule has 0 spiro atoms. The number of nitrogens with one attached hydrogen (secondary N) is 3. The Morgan fingerprint density at radius 2 is 1.74 bits per heavy atom. The molecule has 0 aliphatic heterocycles. The van der Waals surface area contributed by atoms with Crippen LogP contribution in [0, 0.1) is 0 Å². The highest BCUT2D eigenvalue weighted by Gasteiger charge is 2.30. The Labute approximate surface area is 200 Å². The highest BCUT2D eigenvalue weighted by Crippen LogP contribution is 2.36. The van der Waals surface area contributed by atoms with E-state index < -0.39 is 17.8 Å². The van der Waals surface area contributed by atoms with Gasteiger partial charge in [0.1, 0.15) is 0 Å². The van der Waals surface area contributed by atoms with Crippen molar-refractivity contribution in [3.05, 3.63) is 89.6 Å². The number of aromatic nitrogens is 1. The van der Waals surface area contributed by atoms with Crippen molar-refractivity contribution in [3.63, 3.8) is 0 Å². The first-order valence-corrected chi connectivity index (χ1v) is 10.8. The number of H-pyrrole nitrogens is 1. The lowest BCUT2D eigenvalue weighted by Crippen LogP contribution is -2.32. The first-order valence-electron chi connectivity index (χ1n) is 10.8. The first-order chi connectivity index (χ1) is 16.8. The average molecular weight is 483 g/mol. The summed E-state index contributed by atoms with van der Waals surface area (Å²) in [4.78, 5) is 15.9. The Balaban J connectivity index is 1.60. The number of methoxy groups -OCH3 is 2. The van der Waals surface area contributed by atoms with Gasteiger partial charge in [0.15, 0.2) is 11.5 Å². The maximum atomic E-state index is 13.0. The van der Waals surface area contributed by atoms with Gasteiger partial charge in [-0.2, -0.15) is 13.2 Å². The molecular weight excluding hydrogens is 459 g/mol. The molecule has 0 bridgehead atoms. The lowest BCUT2D eigenvalue weighted by Gasteiger charge is -2.20. The molecule has 35 heavy (non-hydrogen) atoms. The van der Waals surface area contributed by atoms with E-state index in [1.165, 1.54) is 12.1 Å². The van der Waals surface area contributed by atoms with Crippen LogP contribution in [0.5, 0.6) is 11.5 Å². The number of ether oxygens (including phenoxy) is 2. The largest absolute Gasteiger partial charge is 0.493 e. The molecule has 0 aliphatic carbocycles. The number of amides is 2. The van der Waals surface area contributed by atoms with Gasteiger partial charge in [-0.3, -0.25) is 0 Å². The maximum Gasteiger partial charge on any atom is 0.416 e. The molecule has 2 amide bonds. The van der Waals surface area contributed by atoms with Gasteiger partial charge in [-0.25, -0.2) is 4.79 Å². The molecule has 6 nitrogen and oxygen atoms in total. The third kappa shape index (κ3) is 5.34. The van der Waals surface area contributed by atoms with Crippen molar-refractivity contribution < 1.29 is 27.4 Å². The Morgan fingerprint density at radius 3 is 2.49 bits per heavy atom. The third-order valence-electron chi connectivity index (χ3n) is 5.72. The molecule has 1 heterocycles. The summed E-state index contributed by atoms with van der Waals surface area (Å²) in [6, 6.07) is 17.2. The number of aromatic amines is 1. The lowest BCUT2D eigenvalue weighted by molar-refractivity contribution is -0.137. The van der Waals surface area contributed by atoms with Crippen molar-refractivity contribution in [1.29, 1.82) is 0 Å². The van der Waals surface area contributed by atoms with E-state index in [9.17, 15) is 18.0 Å². The van der Waals surface area contributed by atoms with Crippen LogP contribution >= 0.6 is 0 Å². The standard InChI is InChI=1S/C26H24F3N3O3/c1-34-23-11-10-16(12-24(23)35-2)20(21-15-30-22-9-4-3-8-19(21)22)14-31-25(33)32-18-7-5-6-17(13-18)26(27,28)29/h3-13,15,20,30H,14H2,1-2H3,(H2,31,32,33)/t20-/m1/s1. The number of urea groups is 1.